The minimum Gasteiger partial charge on any atom is -0.486 e. The van der Waals surface area contributed by atoms with Crippen LogP contribution in [0, 0.1) is 5.92 Å². The van der Waals surface area contributed by atoms with Gasteiger partial charge in [0, 0.05) is 32.9 Å². The first-order valence-electron chi connectivity index (χ1n) is 11.7. The molecule has 10 nitrogen and oxygen atoms in total. The van der Waals surface area contributed by atoms with Crippen molar-refractivity contribution in [3.63, 3.8) is 0 Å². The fraction of sp³-hybridized carbons (Fsp3) is 0.458. The van der Waals surface area contributed by atoms with Crippen molar-refractivity contribution in [3.05, 3.63) is 63.3 Å². The molecular weight excluding hydrogens is 466 g/mol. The number of rotatable bonds is 11. The molecule has 0 saturated heterocycles. The van der Waals surface area contributed by atoms with E-state index in [1.807, 2.05) is 30.3 Å². The van der Waals surface area contributed by atoms with E-state index in [2.05, 4.69) is 33.6 Å². The summed E-state index contributed by atoms with van der Waals surface area (Å²) in [5.74, 6) is 2.81. The maximum absolute atomic E-state index is 12.9. The summed E-state index contributed by atoms with van der Waals surface area (Å²) in [5, 5.41) is 9.59. The Morgan fingerprint density at radius 3 is 2.54 bits per heavy atom. The Morgan fingerprint density at radius 2 is 1.80 bits per heavy atom. The zero-order valence-electron chi connectivity index (χ0n) is 20.5. The second-order valence-electron chi connectivity index (χ2n) is 8.86. The first-order chi connectivity index (χ1) is 16.9. The SMILES string of the molecule is CC(C)CCn1c(COc2ccccc2)nnc1SCCCn1c(=O)c2c(ncn2C)n(C)c1=O. The lowest BCUT2D eigenvalue weighted by atomic mass is 10.1. The number of para-hydroxylation sites is 1. The van der Waals surface area contributed by atoms with E-state index in [-0.39, 0.29) is 11.2 Å². The number of hydrogen-bond acceptors (Lipinski definition) is 7. The molecule has 3 heterocycles. The molecule has 0 radical (unpaired) electrons. The van der Waals surface area contributed by atoms with Crippen molar-refractivity contribution in [2.75, 3.05) is 5.75 Å². The molecule has 35 heavy (non-hydrogen) atoms. The van der Waals surface area contributed by atoms with Gasteiger partial charge in [-0.25, -0.2) is 9.78 Å². The molecule has 0 N–H and O–H groups in total. The predicted molar refractivity (Wildman–Crippen MR) is 136 cm³/mol. The van der Waals surface area contributed by atoms with E-state index in [0.717, 1.165) is 29.7 Å². The number of imidazole rings is 1. The molecule has 11 heteroatoms. The minimum atomic E-state index is -0.355. The fourth-order valence-electron chi connectivity index (χ4n) is 3.79. The maximum Gasteiger partial charge on any atom is 0.332 e. The Kier molecular flexibility index (Phi) is 7.74. The van der Waals surface area contributed by atoms with Crippen molar-refractivity contribution < 1.29 is 4.74 Å². The molecule has 0 saturated carbocycles. The van der Waals surface area contributed by atoms with Crippen LogP contribution in [-0.2, 0) is 33.8 Å². The third-order valence-electron chi connectivity index (χ3n) is 5.79. The van der Waals surface area contributed by atoms with Crippen molar-refractivity contribution in [2.24, 2.45) is 20.0 Å². The van der Waals surface area contributed by atoms with Crippen LogP contribution in [-0.4, -0.2) is 39.2 Å². The third kappa shape index (κ3) is 5.50. The van der Waals surface area contributed by atoms with Crippen LogP contribution in [0.15, 0.2) is 51.4 Å². The molecule has 0 amide bonds. The van der Waals surface area contributed by atoms with E-state index in [9.17, 15) is 9.59 Å². The molecule has 0 spiro atoms. The van der Waals surface area contributed by atoms with Crippen molar-refractivity contribution in [1.82, 2.24) is 33.4 Å². The van der Waals surface area contributed by atoms with Crippen LogP contribution in [0.1, 0.15) is 32.5 Å². The lowest BCUT2D eigenvalue weighted by Crippen LogP contribution is -2.39. The van der Waals surface area contributed by atoms with E-state index < -0.39 is 0 Å². The number of nitrogens with zero attached hydrogens (tertiary/aromatic N) is 7. The number of thioether (sulfide) groups is 1. The Morgan fingerprint density at radius 1 is 1.03 bits per heavy atom. The number of aromatic nitrogens is 7. The molecule has 0 bridgehead atoms. The molecule has 4 aromatic rings. The molecule has 0 aliphatic heterocycles. The van der Waals surface area contributed by atoms with Gasteiger partial charge in [0.15, 0.2) is 22.1 Å². The summed E-state index contributed by atoms with van der Waals surface area (Å²) in [4.78, 5) is 29.8. The van der Waals surface area contributed by atoms with Gasteiger partial charge in [0.1, 0.15) is 12.4 Å². The smallest absolute Gasteiger partial charge is 0.332 e. The van der Waals surface area contributed by atoms with Gasteiger partial charge in [-0.3, -0.25) is 13.9 Å². The van der Waals surface area contributed by atoms with Gasteiger partial charge in [0.05, 0.1) is 6.33 Å². The highest BCUT2D eigenvalue weighted by Gasteiger charge is 2.16. The van der Waals surface area contributed by atoms with Gasteiger partial charge in [0.2, 0.25) is 0 Å². The molecule has 186 valence electrons. The summed E-state index contributed by atoms with van der Waals surface area (Å²) in [6.45, 7) is 5.84. The molecule has 3 aromatic heterocycles. The van der Waals surface area contributed by atoms with Gasteiger partial charge in [0.25, 0.3) is 5.56 Å². The Labute approximate surface area is 207 Å². The first-order valence-corrected chi connectivity index (χ1v) is 12.7. The van der Waals surface area contributed by atoms with E-state index in [4.69, 9.17) is 4.74 Å². The molecule has 0 atom stereocenters. The summed E-state index contributed by atoms with van der Waals surface area (Å²) in [6, 6.07) is 9.65. The normalized spacial score (nSPS) is 11.6. The van der Waals surface area contributed by atoms with Crippen LogP contribution < -0.4 is 16.0 Å². The van der Waals surface area contributed by atoms with Crippen molar-refractivity contribution in [3.8, 4) is 5.75 Å². The summed E-state index contributed by atoms with van der Waals surface area (Å²) in [5.41, 5.74) is 0.160. The highest BCUT2D eigenvalue weighted by molar-refractivity contribution is 7.99. The lowest BCUT2D eigenvalue weighted by Gasteiger charge is -2.12. The minimum absolute atomic E-state index is 0.312. The molecule has 0 aliphatic rings. The largest absolute Gasteiger partial charge is 0.486 e. The van der Waals surface area contributed by atoms with E-state index in [0.29, 0.717) is 42.4 Å². The lowest BCUT2D eigenvalue weighted by molar-refractivity contribution is 0.285. The number of hydrogen-bond donors (Lipinski definition) is 0. The van der Waals surface area contributed by atoms with Crippen LogP contribution in [0.25, 0.3) is 11.2 Å². The van der Waals surface area contributed by atoms with E-state index >= 15 is 0 Å². The third-order valence-corrected chi connectivity index (χ3v) is 6.85. The topological polar surface area (TPSA) is 102 Å². The van der Waals surface area contributed by atoms with E-state index in [1.165, 1.54) is 9.13 Å². The van der Waals surface area contributed by atoms with Crippen LogP contribution in [0.4, 0.5) is 0 Å². The first kappa shape index (κ1) is 24.8. The van der Waals surface area contributed by atoms with Crippen LogP contribution >= 0.6 is 11.8 Å². The molecular formula is C24H31N7O3S. The Hall–Kier alpha value is -3.34. The highest BCUT2D eigenvalue weighted by Crippen LogP contribution is 2.21. The van der Waals surface area contributed by atoms with Gasteiger partial charge in [-0.1, -0.05) is 43.8 Å². The van der Waals surface area contributed by atoms with Crippen LogP contribution in [0.5, 0.6) is 5.75 Å². The number of ether oxygens (including phenoxy) is 1. The van der Waals surface area contributed by atoms with Crippen LogP contribution in [0.2, 0.25) is 0 Å². The second kappa shape index (κ2) is 10.9. The molecule has 0 unspecified atom stereocenters. The monoisotopic (exact) mass is 497 g/mol. The zero-order chi connectivity index (χ0) is 24.9. The van der Waals surface area contributed by atoms with Gasteiger partial charge in [-0.15, -0.1) is 10.2 Å². The van der Waals surface area contributed by atoms with Crippen molar-refractivity contribution >= 4 is 22.9 Å². The van der Waals surface area contributed by atoms with Gasteiger partial charge in [-0.05, 0) is 30.9 Å². The standard InChI is InChI=1S/C24H31N7O3S/c1-17(2)11-13-30-19(15-34-18-9-6-5-7-10-18)26-27-23(30)35-14-8-12-31-22(32)20-21(25-16-28(20)3)29(4)24(31)33/h5-7,9-10,16-17H,8,11-15H2,1-4H3. The average molecular weight is 498 g/mol. The summed E-state index contributed by atoms with van der Waals surface area (Å²) in [6.07, 6.45) is 3.19. The average Bonchev–Trinajstić information content (AvgIpc) is 3.43. The maximum atomic E-state index is 12.9. The molecule has 0 fully saturated rings. The zero-order valence-corrected chi connectivity index (χ0v) is 21.4. The second-order valence-corrected chi connectivity index (χ2v) is 9.92. The van der Waals surface area contributed by atoms with E-state index in [1.54, 1.807) is 36.8 Å². The Balaban J connectivity index is 1.44. The van der Waals surface area contributed by atoms with Gasteiger partial charge in [-0.2, -0.15) is 0 Å². The molecule has 1 aromatic carbocycles. The van der Waals surface area contributed by atoms with Gasteiger partial charge >= 0.3 is 5.69 Å². The van der Waals surface area contributed by atoms with Crippen molar-refractivity contribution in [1.29, 1.82) is 0 Å². The number of fused-ring (bicyclic) bond motifs is 1. The summed E-state index contributed by atoms with van der Waals surface area (Å²) in [7, 11) is 3.39. The van der Waals surface area contributed by atoms with Gasteiger partial charge < -0.3 is 13.9 Å². The van der Waals surface area contributed by atoms with Crippen molar-refractivity contribution in [2.45, 2.75) is 51.5 Å². The fourth-order valence-corrected chi connectivity index (χ4v) is 4.70. The molecule has 4 rings (SSSR count). The Bertz CT molecular complexity index is 1400. The number of benzene rings is 1. The summed E-state index contributed by atoms with van der Waals surface area (Å²) < 4.78 is 12.4. The highest BCUT2D eigenvalue weighted by atomic mass is 32.2. The molecule has 0 aliphatic carbocycles. The quantitative estimate of drug-likeness (QED) is 0.232. The number of aryl methyl sites for hydroxylation is 2. The predicted octanol–water partition coefficient (Wildman–Crippen LogP) is 2.83. The van der Waals surface area contributed by atoms with Crippen LogP contribution in [0.3, 0.4) is 0 Å². The summed E-state index contributed by atoms with van der Waals surface area (Å²) >= 11 is 1.58.